The minimum atomic E-state index is -0.717. The van der Waals surface area contributed by atoms with E-state index in [2.05, 4.69) is 18.7 Å². The van der Waals surface area contributed by atoms with Crippen LogP contribution in [-0.2, 0) is 4.79 Å². The molecule has 2 atom stereocenters. The number of carboxylic acids is 1. The maximum Gasteiger partial charge on any atom is 0.307 e. The van der Waals surface area contributed by atoms with Gasteiger partial charge < -0.3 is 10.0 Å². The zero-order valence-electron chi connectivity index (χ0n) is 8.37. The molecule has 72 valence electrons. The molecule has 0 spiro atoms. The number of carbonyl (C=O) groups is 1. The van der Waals surface area contributed by atoms with E-state index in [1.54, 1.807) is 6.92 Å². The number of nitrogens with zero attached hydrogens (tertiary/aromatic N) is 1. The van der Waals surface area contributed by atoms with Gasteiger partial charge in [-0.25, -0.2) is 0 Å². The first kappa shape index (κ1) is 11.4. The van der Waals surface area contributed by atoms with Gasteiger partial charge in [0.25, 0.3) is 0 Å². The Hall–Kier alpha value is -0.570. The third kappa shape index (κ3) is 3.72. The standard InChI is InChI=1S/C9H19NO2/c1-5-8(3)10(4)6-7(2)9(11)12/h7-8H,5-6H2,1-4H3,(H,11,12). The Labute approximate surface area is 74.4 Å². The van der Waals surface area contributed by atoms with Crippen LogP contribution in [-0.4, -0.2) is 35.6 Å². The van der Waals surface area contributed by atoms with E-state index in [-0.39, 0.29) is 5.92 Å². The van der Waals surface area contributed by atoms with Gasteiger partial charge in [-0.3, -0.25) is 4.79 Å². The lowest BCUT2D eigenvalue weighted by molar-refractivity contribution is -0.141. The fourth-order valence-corrected chi connectivity index (χ4v) is 1.00. The minimum absolute atomic E-state index is 0.274. The van der Waals surface area contributed by atoms with E-state index in [4.69, 9.17) is 5.11 Å². The molecule has 3 nitrogen and oxygen atoms in total. The number of hydrogen-bond acceptors (Lipinski definition) is 2. The van der Waals surface area contributed by atoms with Gasteiger partial charge in [0.15, 0.2) is 0 Å². The van der Waals surface area contributed by atoms with E-state index < -0.39 is 5.97 Å². The summed E-state index contributed by atoms with van der Waals surface area (Å²) in [5.41, 5.74) is 0. The van der Waals surface area contributed by atoms with Crippen LogP contribution in [0, 0.1) is 5.92 Å². The summed E-state index contributed by atoms with van der Waals surface area (Å²) in [5.74, 6) is -0.992. The van der Waals surface area contributed by atoms with Crippen LogP contribution < -0.4 is 0 Å². The summed E-state index contributed by atoms with van der Waals surface area (Å²) >= 11 is 0. The summed E-state index contributed by atoms with van der Waals surface area (Å²) in [5, 5.41) is 8.66. The molecule has 0 aliphatic rings. The Kier molecular flexibility index (Phi) is 4.90. The van der Waals surface area contributed by atoms with E-state index in [1.165, 1.54) is 0 Å². The van der Waals surface area contributed by atoms with Gasteiger partial charge in [0.2, 0.25) is 0 Å². The quantitative estimate of drug-likeness (QED) is 0.684. The van der Waals surface area contributed by atoms with Crippen molar-refractivity contribution in [2.75, 3.05) is 13.6 Å². The maximum atomic E-state index is 10.5. The molecule has 0 aliphatic carbocycles. The molecular formula is C9H19NO2. The molecule has 12 heavy (non-hydrogen) atoms. The number of hydrogen-bond donors (Lipinski definition) is 1. The van der Waals surface area contributed by atoms with Crippen molar-refractivity contribution in [1.29, 1.82) is 0 Å². The van der Waals surface area contributed by atoms with Crippen LogP contribution in [0.15, 0.2) is 0 Å². The zero-order valence-corrected chi connectivity index (χ0v) is 8.37. The highest BCUT2D eigenvalue weighted by Gasteiger charge is 2.15. The minimum Gasteiger partial charge on any atom is -0.481 e. The average molecular weight is 173 g/mol. The first-order valence-corrected chi connectivity index (χ1v) is 4.42. The van der Waals surface area contributed by atoms with Gasteiger partial charge in [-0.2, -0.15) is 0 Å². The normalized spacial score (nSPS) is 16.1. The van der Waals surface area contributed by atoms with Crippen LogP contribution in [0.3, 0.4) is 0 Å². The molecule has 0 radical (unpaired) electrons. The predicted molar refractivity (Wildman–Crippen MR) is 49.2 cm³/mol. The van der Waals surface area contributed by atoms with Crippen LogP contribution >= 0.6 is 0 Å². The number of carboxylic acid groups (broad SMARTS) is 1. The van der Waals surface area contributed by atoms with Crippen LogP contribution in [0.5, 0.6) is 0 Å². The largest absolute Gasteiger partial charge is 0.481 e. The Morgan fingerprint density at radius 1 is 1.50 bits per heavy atom. The summed E-state index contributed by atoms with van der Waals surface area (Å²) in [4.78, 5) is 12.6. The van der Waals surface area contributed by atoms with E-state index >= 15 is 0 Å². The Balaban J connectivity index is 3.83. The van der Waals surface area contributed by atoms with Gasteiger partial charge in [0.05, 0.1) is 5.92 Å². The lowest BCUT2D eigenvalue weighted by atomic mass is 10.1. The molecular weight excluding hydrogens is 154 g/mol. The van der Waals surface area contributed by atoms with Crippen molar-refractivity contribution in [3.8, 4) is 0 Å². The highest BCUT2D eigenvalue weighted by molar-refractivity contribution is 5.69. The average Bonchev–Trinajstić information content (AvgIpc) is 2.02. The van der Waals surface area contributed by atoms with E-state index in [1.807, 2.05) is 7.05 Å². The lowest BCUT2D eigenvalue weighted by Gasteiger charge is -2.24. The Morgan fingerprint density at radius 2 is 2.00 bits per heavy atom. The molecule has 0 aromatic carbocycles. The fourth-order valence-electron chi connectivity index (χ4n) is 1.00. The molecule has 0 saturated carbocycles. The van der Waals surface area contributed by atoms with Crippen molar-refractivity contribution >= 4 is 5.97 Å². The van der Waals surface area contributed by atoms with Gasteiger partial charge >= 0.3 is 5.97 Å². The molecule has 0 bridgehead atoms. The predicted octanol–water partition coefficient (Wildman–Crippen LogP) is 1.44. The molecule has 0 aromatic heterocycles. The van der Waals surface area contributed by atoms with Crippen molar-refractivity contribution in [1.82, 2.24) is 4.90 Å². The summed E-state index contributed by atoms with van der Waals surface area (Å²) in [6, 6.07) is 0.465. The van der Waals surface area contributed by atoms with Crippen LogP contribution in [0.4, 0.5) is 0 Å². The van der Waals surface area contributed by atoms with E-state index in [9.17, 15) is 4.79 Å². The number of rotatable bonds is 5. The van der Waals surface area contributed by atoms with Gasteiger partial charge in [-0.15, -0.1) is 0 Å². The monoisotopic (exact) mass is 173 g/mol. The number of aliphatic carboxylic acids is 1. The van der Waals surface area contributed by atoms with Gasteiger partial charge in [-0.05, 0) is 20.4 Å². The lowest BCUT2D eigenvalue weighted by Crippen LogP contribution is -2.34. The van der Waals surface area contributed by atoms with E-state index in [0.717, 1.165) is 6.42 Å². The van der Waals surface area contributed by atoms with Crippen molar-refractivity contribution < 1.29 is 9.90 Å². The summed E-state index contributed by atoms with van der Waals surface area (Å²) < 4.78 is 0. The second-order valence-corrected chi connectivity index (χ2v) is 3.44. The topological polar surface area (TPSA) is 40.5 Å². The smallest absolute Gasteiger partial charge is 0.307 e. The molecule has 0 fully saturated rings. The van der Waals surface area contributed by atoms with Crippen molar-refractivity contribution in [3.05, 3.63) is 0 Å². The molecule has 2 unspecified atom stereocenters. The summed E-state index contributed by atoms with van der Waals surface area (Å²) in [6.45, 7) is 6.58. The summed E-state index contributed by atoms with van der Waals surface area (Å²) in [6.07, 6.45) is 1.06. The summed E-state index contributed by atoms with van der Waals surface area (Å²) in [7, 11) is 1.97. The Morgan fingerprint density at radius 3 is 2.33 bits per heavy atom. The third-order valence-electron chi connectivity index (χ3n) is 2.33. The maximum absolute atomic E-state index is 10.5. The van der Waals surface area contributed by atoms with E-state index in [0.29, 0.717) is 12.6 Å². The second-order valence-electron chi connectivity index (χ2n) is 3.44. The second kappa shape index (κ2) is 5.14. The SMILES string of the molecule is CCC(C)N(C)CC(C)C(=O)O. The Bertz CT molecular complexity index is 147. The third-order valence-corrected chi connectivity index (χ3v) is 2.33. The molecule has 0 heterocycles. The fraction of sp³-hybridized carbons (Fsp3) is 0.889. The van der Waals surface area contributed by atoms with Gasteiger partial charge in [0, 0.05) is 12.6 Å². The van der Waals surface area contributed by atoms with Crippen molar-refractivity contribution in [2.24, 2.45) is 5.92 Å². The molecule has 0 amide bonds. The molecule has 0 saturated heterocycles. The molecule has 3 heteroatoms. The van der Waals surface area contributed by atoms with Crippen molar-refractivity contribution in [3.63, 3.8) is 0 Å². The highest BCUT2D eigenvalue weighted by atomic mass is 16.4. The van der Waals surface area contributed by atoms with Gasteiger partial charge in [-0.1, -0.05) is 13.8 Å². The molecule has 1 N–H and O–H groups in total. The van der Waals surface area contributed by atoms with Gasteiger partial charge in [0.1, 0.15) is 0 Å². The molecule has 0 aliphatic heterocycles. The molecule has 0 rings (SSSR count). The molecule has 0 aromatic rings. The first-order valence-electron chi connectivity index (χ1n) is 4.42. The van der Waals surface area contributed by atoms with Crippen LogP contribution in [0.25, 0.3) is 0 Å². The zero-order chi connectivity index (χ0) is 9.72. The first-order chi connectivity index (χ1) is 5.49. The highest BCUT2D eigenvalue weighted by Crippen LogP contribution is 2.04. The van der Waals surface area contributed by atoms with Crippen LogP contribution in [0.1, 0.15) is 27.2 Å². The van der Waals surface area contributed by atoms with Crippen molar-refractivity contribution in [2.45, 2.75) is 33.2 Å². The van der Waals surface area contributed by atoms with Crippen LogP contribution in [0.2, 0.25) is 0 Å².